The van der Waals surface area contributed by atoms with E-state index in [1.165, 1.54) is 17.0 Å². The standard InChI is InChI=1S/C23H26FN3O3/c1-15-8-7-9-16-21(15)25-14-27(22(16)29)12-20(28)26-19(23(2,3)4)13-30-18-11-6-5-10-17(18)24/h5-11,14,19H,12-13H2,1-4H3,(H,26,28). The number of aromatic nitrogens is 2. The molecule has 0 spiro atoms. The molecular weight excluding hydrogens is 385 g/mol. The third-order valence-corrected chi connectivity index (χ3v) is 4.99. The Bertz CT molecular complexity index is 1120. The molecule has 6 nitrogen and oxygen atoms in total. The van der Waals surface area contributed by atoms with Crippen LogP contribution in [0.2, 0.25) is 0 Å². The van der Waals surface area contributed by atoms with E-state index in [2.05, 4.69) is 10.3 Å². The summed E-state index contributed by atoms with van der Waals surface area (Å²) in [5.41, 5.74) is 0.919. The molecular formula is C23H26FN3O3. The van der Waals surface area contributed by atoms with Crippen LogP contribution in [0.3, 0.4) is 0 Å². The SMILES string of the molecule is Cc1cccc2c(=O)n(CC(=O)NC(COc3ccccc3F)C(C)(C)C)cnc12. The average Bonchev–Trinajstić information content (AvgIpc) is 2.68. The Kier molecular flexibility index (Phi) is 6.20. The van der Waals surface area contributed by atoms with Crippen molar-refractivity contribution in [2.45, 2.75) is 40.3 Å². The molecule has 1 aromatic heterocycles. The van der Waals surface area contributed by atoms with Crippen LogP contribution in [0, 0.1) is 18.2 Å². The molecule has 3 rings (SSSR count). The minimum Gasteiger partial charge on any atom is -0.488 e. The predicted molar refractivity (Wildman–Crippen MR) is 114 cm³/mol. The number of carbonyl (C=O) groups excluding carboxylic acids is 1. The van der Waals surface area contributed by atoms with Crippen molar-refractivity contribution in [2.75, 3.05) is 6.61 Å². The highest BCUT2D eigenvalue weighted by Gasteiger charge is 2.27. The number of carbonyl (C=O) groups is 1. The number of halogens is 1. The van der Waals surface area contributed by atoms with E-state index in [0.717, 1.165) is 5.56 Å². The zero-order valence-electron chi connectivity index (χ0n) is 17.6. The summed E-state index contributed by atoms with van der Waals surface area (Å²) in [4.78, 5) is 29.7. The van der Waals surface area contributed by atoms with Gasteiger partial charge in [0.15, 0.2) is 11.6 Å². The fourth-order valence-corrected chi connectivity index (χ4v) is 3.09. The molecule has 0 fully saturated rings. The van der Waals surface area contributed by atoms with E-state index in [9.17, 15) is 14.0 Å². The topological polar surface area (TPSA) is 73.2 Å². The number of para-hydroxylation sites is 2. The summed E-state index contributed by atoms with van der Waals surface area (Å²) in [6, 6.07) is 11.1. The number of nitrogens with one attached hydrogen (secondary N) is 1. The van der Waals surface area contributed by atoms with Crippen molar-refractivity contribution in [3.05, 3.63) is 70.5 Å². The van der Waals surface area contributed by atoms with Crippen LogP contribution in [-0.4, -0.2) is 28.1 Å². The molecule has 1 heterocycles. The zero-order chi connectivity index (χ0) is 21.9. The molecule has 2 aromatic carbocycles. The molecule has 3 aromatic rings. The normalized spacial score (nSPS) is 12.6. The predicted octanol–water partition coefficient (Wildman–Crippen LogP) is 3.45. The van der Waals surface area contributed by atoms with Crippen molar-refractivity contribution >= 4 is 16.8 Å². The van der Waals surface area contributed by atoms with Crippen LogP contribution in [0.25, 0.3) is 10.9 Å². The lowest BCUT2D eigenvalue weighted by Gasteiger charge is -2.31. The summed E-state index contributed by atoms with van der Waals surface area (Å²) >= 11 is 0. The Morgan fingerprint density at radius 2 is 1.93 bits per heavy atom. The van der Waals surface area contributed by atoms with Gasteiger partial charge in [0.2, 0.25) is 5.91 Å². The summed E-state index contributed by atoms with van der Waals surface area (Å²) in [5.74, 6) is -0.671. The fraction of sp³-hybridized carbons (Fsp3) is 0.348. The van der Waals surface area contributed by atoms with E-state index in [1.54, 1.807) is 30.3 Å². The van der Waals surface area contributed by atoms with Gasteiger partial charge in [-0.1, -0.05) is 45.0 Å². The van der Waals surface area contributed by atoms with Crippen LogP contribution in [0.4, 0.5) is 4.39 Å². The molecule has 1 atom stereocenters. The lowest BCUT2D eigenvalue weighted by atomic mass is 9.87. The van der Waals surface area contributed by atoms with Gasteiger partial charge in [-0.2, -0.15) is 0 Å². The number of nitrogens with zero attached hydrogens (tertiary/aromatic N) is 2. The van der Waals surface area contributed by atoms with Crippen LogP contribution in [0.5, 0.6) is 5.75 Å². The van der Waals surface area contributed by atoms with Gasteiger partial charge in [-0.15, -0.1) is 0 Å². The summed E-state index contributed by atoms with van der Waals surface area (Å²) in [5, 5.41) is 3.38. The van der Waals surface area contributed by atoms with Gasteiger partial charge in [0.25, 0.3) is 5.56 Å². The minimum absolute atomic E-state index is 0.0975. The smallest absolute Gasteiger partial charge is 0.261 e. The second-order valence-electron chi connectivity index (χ2n) is 8.38. The number of aryl methyl sites for hydroxylation is 1. The van der Waals surface area contributed by atoms with Crippen molar-refractivity contribution in [3.8, 4) is 5.75 Å². The maximum Gasteiger partial charge on any atom is 0.261 e. The summed E-state index contributed by atoms with van der Waals surface area (Å²) in [7, 11) is 0. The van der Waals surface area contributed by atoms with Crippen molar-refractivity contribution < 1.29 is 13.9 Å². The molecule has 1 N–H and O–H groups in total. The number of amides is 1. The summed E-state index contributed by atoms with van der Waals surface area (Å²) < 4.78 is 20.7. The summed E-state index contributed by atoms with van der Waals surface area (Å²) in [6.45, 7) is 7.68. The quantitative estimate of drug-likeness (QED) is 0.674. The van der Waals surface area contributed by atoms with E-state index < -0.39 is 11.9 Å². The Morgan fingerprint density at radius 1 is 1.20 bits per heavy atom. The Morgan fingerprint density at radius 3 is 2.63 bits per heavy atom. The number of fused-ring (bicyclic) bond motifs is 1. The van der Waals surface area contributed by atoms with Crippen LogP contribution in [0.15, 0.2) is 53.6 Å². The molecule has 0 aliphatic rings. The Balaban J connectivity index is 1.73. The number of hydrogen-bond acceptors (Lipinski definition) is 4. The number of hydrogen-bond donors (Lipinski definition) is 1. The average molecular weight is 411 g/mol. The first-order chi connectivity index (χ1) is 14.2. The van der Waals surface area contributed by atoms with Crippen molar-refractivity contribution in [2.24, 2.45) is 5.41 Å². The fourth-order valence-electron chi connectivity index (χ4n) is 3.09. The molecule has 0 aliphatic heterocycles. The number of ether oxygens (including phenoxy) is 1. The van der Waals surface area contributed by atoms with Gasteiger partial charge in [0.1, 0.15) is 13.2 Å². The highest BCUT2D eigenvalue weighted by Crippen LogP contribution is 2.22. The summed E-state index contributed by atoms with van der Waals surface area (Å²) in [6.07, 6.45) is 1.39. The van der Waals surface area contributed by atoms with Gasteiger partial charge in [-0.25, -0.2) is 9.37 Å². The van der Waals surface area contributed by atoms with Gasteiger partial charge in [-0.3, -0.25) is 14.2 Å². The van der Waals surface area contributed by atoms with Gasteiger partial charge < -0.3 is 10.1 Å². The van der Waals surface area contributed by atoms with Crippen LogP contribution < -0.4 is 15.6 Å². The van der Waals surface area contributed by atoms with E-state index in [1.807, 2.05) is 33.8 Å². The van der Waals surface area contributed by atoms with Crippen molar-refractivity contribution in [1.82, 2.24) is 14.9 Å². The monoisotopic (exact) mass is 411 g/mol. The molecule has 1 unspecified atom stereocenters. The van der Waals surface area contributed by atoms with Crippen LogP contribution in [0.1, 0.15) is 26.3 Å². The van der Waals surface area contributed by atoms with Crippen molar-refractivity contribution in [1.29, 1.82) is 0 Å². The van der Waals surface area contributed by atoms with Gasteiger partial charge in [0, 0.05) is 0 Å². The second-order valence-corrected chi connectivity index (χ2v) is 8.38. The third-order valence-electron chi connectivity index (χ3n) is 4.99. The number of rotatable bonds is 6. The molecule has 30 heavy (non-hydrogen) atoms. The van der Waals surface area contributed by atoms with E-state index >= 15 is 0 Å². The molecule has 7 heteroatoms. The maximum absolute atomic E-state index is 13.8. The Labute approximate surface area is 174 Å². The second kappa shape index (κ2) is 8.65. The van der Waals surface area contributed by atoms with Crippen LogP contribution in [-0.2, 0) is 11.3 Å². The van der Waals surface area contributed by atoms with Crippen molar-refractivity contribution in [3.63, 3.8) is 0 Å². The minimum atomic E-state index is -0.458. The third kappa shape index (κ3) is 4.84. The highest BCUT2D eigenvalue weighted by molar-refractivity contribution is 5.81. The molecule has 0 aliphatic carbocycles. The Hall–Kier alpha value is -3.22. The molecule has 1 amide bonds. The molecule has 158 valence electrons. The lowest BCUT2D eigenvalue weighted by molar-refractivity contribution is -0.123. The van der Waals surface area contributed by atoms with Gasteiger partial charge in [-0.05, 0) is 36.1 Å². The lowest BCUT2D eigenvalue weighted by Crippen LogP contribution is -2.49. The first-order valence-electron chi connectivity index (χ1n) is 9.78. The molecule has 0 radical (unpaired) electrons. The van der Waals surface area contributed by atoms with E-state index in [0.29, 0.717) is 10.9 Å². The zero-order valence-corrected chi connectivity index (χ0v) is 17.6. The van der Waals surface area contributed by atoms with E-state index in [-0.39, 0.29) is 35.8 Å². The van der Waals surface area contributed by atoms with Gasteiger partial charge >= 0.3 is 0 Å². The molecule has 0 bridgehead atoms. The molecule has 0 saturated carbocycles. The number of benzene rings is 2. The van der Waals surface area contributed by atoms with Crippen LogP contribution >= 0.6 is 0 Å². The largest absolute Gasteiger partial charge is 0.488 e. The first kappa shape index (κ1) is 21.5. The van der Waals surface area contributed by atoms with E-state index in [4.69, 9.17) is 4.74 Å². The van der Waals surface area contributed by atoms with Gasteiger partial charge in [0.05, 0.1) is 23.3 Å². The maximum atomic E-state index is 13.8. The molecule has 0 saturated heterocycles. The highest BCUT2D eigenvalue weighted by atomic mass is 19.1. The first-order valence-corrected chi connectivity index (χ1v) is 9.78.